The molecule has 9 rings (SSSR count). The maximum Gasteiger partial charge on any atom is 0.153 e. The van der Waals surface area contributed by atoms with Crippen molar-refractivity contribution in [2.45, 2.75) is 340 Å². The van der Waals surface area contributed by atoms with E-state index in [9.17, 15) is 0 Å². The Hall–Kier alpha value is -2.80. The largest absolute Gasteiger partial charge is 0.238 e. The molecule has 0 aliphatic rings. The van der Waals surface area contributed by atoms with Gasteiger partial charge in [-0.25, -0.2) is 9.97 Å². The number of aromatic nitrogens is 2. The highest BCUT2D eigenvalue weighted by Crippen LogP contribution is 2.51. The van der Waals surface area contributed by atoms with Gasteiger partial charge in [0.05, 0.1) is 21.1 Å². The summed E-state index contributed by atoms with van der Waals surface area (Å²) in [6, 6.07) is 15.2. The van der Waals surface area contributed by atoms with E-state index in [1.54, 1.807) is 63.3 Å². The van der Waals surface area contributed by atoms with E-state index in [1.807, 2.05) is 68.0 Å². The average Bonchev–Trinajstić information content (AvgIpc) is 1.58. The van der Waals surface area contributed by atoms with Gasteiger partial charge in [-0.2, -0.15) is 0 Å². The summed E-state index contributed by atoms with van der Waals surface area (Å²) in [5.41, 5.74) is 12.2. The number of benzene rings is 1. The van der Waals surface area contributed by atoms with Gasteiger partial charge in [-0.15, -0.1) is 90.7 Å². The van der Waals surface area contributed by atoms with Gasteiger partial charge in [0.1, 0.15) is 0 Å². The zero-order valence-electron chi connectivity index (χ0n) is 60.9. The third kappa shape index (κ3) is 22.1. The summed E-state index contributed by atoms with van der Waals surface area (Å²) in [7, 11) is 0. The van der Waals surface area contributed by atoms with Crippen molar-refractivity contribution >= 4 is 111 Å². The number of hydrogen-bond acceptors (Lipinski definition) is 10. The summed E-state index contributed by atoms with van der Waals surface area (Å²) in [5.74, 6) is 0. The molecule has 0 amide bonds. The Morgan fingerprint density at radius 1 is 0.245 bits per heavy atom. The molecule has 0 spiro atoms. The van der Waals surface area contributed by atoms with Crippen LogP contribution in [-0.4, -0.2) is 9.97 Å². The van der Waals surface area contributed by atoms with Crippen molar-refractivity contribution in [3.63, 3.8) is 0 Å². The van der Waals surface area contributed by atoms with Crippen molar-refractivity contribution in [3.05, 3.63) is 101 Å². The minimum Gasteiger partial charge on any atom is -0.238 e. The SMILES string of the molecule is CCCCCCc1cc(C)sc1-c1cc2c(CCCCCC)c3sc(-c4sc(C)cc4CCCCCC)cc3c(CCCCCC)c2s1.CCCCCCc1cc(C)sc1-c1sc(-c2nc(CCCCCC)c(-c3sc(C)cc3CCCCCC)s2)nc1CCCCCC. The standard InChI is InChI=1S/C44H62S4.C40H60N2S4/c1-7-11-15-19-23-33-27-31(5)45-41(33)39-29-37-35(25-21-17-13-9-3)44-38(36(43(37)47-39)26-22-18-14-10-4)30-40(48-44)42-34(28-32(6)46-42)24-20-16-12-8-2;1-7-11-15-19-23-31-27-29(5)43-35(31)37-33(25-21-17-13-9-3)41-39(45-37)40-42-34(26-22-18-14-10-4)38(46-40)36-32(28-30(6)44-36)24-20-16-12-8-2/h27-30H,7-26H2,1-6H3;27-28H,7-26H2,1-6H3. The molecule has 0 saturated carbocycles. The maximum absolute atomic E-state index is 5.45. The third-order valence-corrected chi connectivity index (χ3v) is 28.9. The fourth-order valence-corrected chi connectivity index (χ4v) is 23.6. The van der Waals surface area contributed by atoms with E-state index in [2.05, 4.69) is 142 Å². The van der Waals surface area contributed by atoms with Crippen molar-refractivity contribution in [1.82, 2.24) is 9.97 Å². The lowest BCUT2D eigenvalue weighted by atomic mass is 9.94. The summed E-state index contributed by atoms with van der Waals surface area (Å²) in [5, 5.41) is 5.46. The highest BCUT2D eigenvalue weighted by Gasteiger charge is 2.26. The Kier molecular flexibility index (Phi) is 34.1. The number of rotatable bonds is 45. The van der Waals surface area contributed by atoms with Crippen LogP contribution >= 0.6 is 90.7 Å². The first kappa shape index (κ1) is 76.9. The van der Waals surface area contributed by atoms with Gasteiger partial charge in [0.2, 0.25) is 0 Å². The molecule has 0 saturated heterocycles. The summed E-state index contributed by atoms with van der Waals surface area (Å²) < 4.78 is 3.21. The second-order valence-corrected chi connectivity index (χ2v) is 36.7. The number of thiophene rings is 6. The van der Waals surface area contributed by atoms with Crippen LogP contribution in [0.5, 0.6) is 0 Å². The van der Waals surface area contributed by atoms with Crippen molar-refractivity contribution in [2.24, 2.45) is 0 Å². The van der Waals surface area contributed by atoms with Gasteiger partial charge in [0, 0.05) is 58.2 Å². The molecule has 1 aromatic carbocycles. The van der Waals surface area contributed by atoms with Crippen molar-refractivity contribution < 1.29 is 0 Å². The molecule has 0 radical (unpaired) electrons. The first-order chi connectivity index (χ1) is 46.0. The van der Waals surface area contributed by atoms with E-state index in [0.29, 0.717) is 0 Å². The molecule has 2 nitrogen and oxygen atoms in total. The Balaban J connectivity index is 0.000000241. The lowest BCUT2D eigenvalue weighted by molar-refractivity contribution is 0.661. The highest BCUT2D eigenvalue weighted by molar-refractivity contribution is 7.29. The minimum absolute atomic E-state index is 1.08. The Bertz CT molecular complexity index is 3320. The van der Waals surface area contributed by atoms with Crippen LogP contribution in [0.3, 0.4) is 0 Å². The van der Waals surface area contributed by atoms with E-state index >= 15 is 0 Å². The van der Waals surface area contributed by atoms with Gasteiger partial charge in [-0.3, -0.25) is 0 Å². The first-order valence-corrected chi connectivity index (χ1v) is 44.9. The highest BCUT2D eigenvalue weighted by atomic mass is 32.1. The Morgan fingerprint density at radius 2 is 0.500 bits per heavy atom. The summed E-state index contributed by atoms with van der Waals surface area (Å²) >= 11 is 16.2. The van der Waals surface area contributed by atoms with Gasteiger partial charge in [-0.05, 0) is 211 Å². The van der Waals surface area contributed by atoms with E-state index in [0.717, 1.165) is 22.9 Å². The van der Waals surface area contributed by atoms with Gasteiger partial charge in [0.15, 0.2) is 10.0 Å². The van der Waals surface area contributed by atoms with Crippen molar-refractivity contribution in [1.29, 1.82) is 0 Å². The van der Waals surface area contributed by atoms with E-state index in [-0.39, 0.29) is 0 Å². The predicted octanol–water partition coefficient (Wildman–Crippen LogP) is 31.5. The van der Waals surface area contributed by atoms with Crippen LogP contribution in [0.2, 0.25) is 0 Å². The van der Waals surface area contributed by atoms with Crippen LogP contribution in [-0.2, 0) is 51.4 Å². The molecule has 0 aliphatic carbocycles. The van der Waals surface area contributed by atoms with Gasteiger partial charge < -0.3 is 0 Å². The number of aryl methyl sites for hydroxylation is 12. The number of fused-ring (bicyclic) bond motifs is 2. The molecule has 0 N–H and O–H groups in total. The molecule has 0 fully saturated rings. The van der Waals surface area contributed by atoms with Crippen LogP contribution in [0.15, 0.2) is 36.4 Å². The van der Waals surface area contributed by atoms with E-state index in [1.165, 1.54) is 304 Å². The lowest BCUT2D eigenvalue weighted by Crippen LogP contribution is -1.93. The fourth-order valence-electron chi connectivity index (χ4n) is 13.9. The second kappa shape index (κ2) is 41.7. The van der Waals surface area contributed by atoms with E-state index < -0.39 is 0 Å². The number of thiazole rings is 2. The first-order valence-electron chi connectivity index (χ1n) is 38.4. The smallest absolute Gasteiger partial charge is 0.153 e. The van der Waals surface area contributed by atoms with Crippen molar-refractivity contribution in [2.75, 3.05) is 0 Å². The topological polar surface area (TPSA) is 25.8 Å². The van der Waals surface area contributed by atoms with E-state index in [4.69, 9.17) is 9.97 Å². The zero-order chi connectivity index (χ0) is 66.6. The van der Waals surface area contributed by atoms with Crippen LogP contribution in [0.25, 0.3) is 69.2 Å². The third-order valence-electron chi connectivity index (χ3n) is 19.1. The molecule has 8 aromatic heterocycles. The summed E-state index contributed by atoms with van der Waals surface area (Å²) in [6.45, 7) is 27.7. The second-order valence-electron chi connectivity index (χ2n) is 27.6. The quantitative estimate of drug-likeness (QED) is 0.0356. The van der Waals surface area contributed by atoms with Crippen LogP contribution < -0.4 is 0 Å². The lowest BCUT2D eigenvalue weighted by Gasteiger charge is -2.11. The molecule has 0 atom stereocenters. The summed E-state index contributed by atoms with van der Waals surface area (Å²) in [6.07, 6.45) is 51.3. The minimum atomic E-state index is 1.08. The molecule has 516 valence electrons. The fraction of sp³-hybridized carbons (Fsp3) is 0.619. The van der Waals surface area contributed by atoms with Gasteiger partial charge >= 0.3 is 0 Å². The summed E-state index contributed by atoms with van der Waals surface area (Å²) in [4.78, 5) is 28.7. The van der Waals surface area contributed by atoms with Crippen LogP contribution in [0, 0.1) is 27.7 Å². The average molecular weight is 1420 g/mol. The monoisotopic (exact) mass is 1410 g/mol. The zero-order valence-corrected chi connectivity index (χ0v) is 67.4. The number of nitrogens with zero attached hydrogens (tertiary/aromatic N) is 2. The van der Waals surface area contributed by atoms with Crippen LogP contribution in [0.4, 0.5) is 0 Å². The molecule has 10 heteroatoms. The number of unbranched alkanes of at least 4 members (excludes halogenated alkanes) is 24. The molecule has 0 aliphatic heterocycles. The van der Waals surface area contributed by atoms with Crippen molar-refractivity contribution in [3.8, 4) is 49.0 Å². The molecular formula is C84H122N2S8. The maximum atomic E-state index is 5.45. The van der Waals surface area contributed by atoms with Gasteiger partial charge in [0.25, 0.3) is 0 Å². The van der Waals surface area contributed by atoms with Crippen LogP contribution in [0.1, 0.15) is 325 Å². The molecular weight excluding hydrogens is 1290 g/mol. The predicted molar refractivity (Wildman–Crippen MR) is 435 cm³/mol. The normalized spacial score (nSPS) is 11.8. The molecule has 9 aromatic rings. The Labute approximate surface area is 605 Å². The Morgan fingerprint density at radius 3 is 0.787 bits per heavy atom. The number of hydrogen-bond donors (Lipinski definition) is 0. The molecule has 0 bridgehead atoms. The molecule has 8 heterocycles. The molecule has 0 unspecified atom stereocenters. The van der Waals surface area contributed by atoms with Gasteiger partial charge in [-0.1, -0.05) is 209 Å². The molecule has 94 heavy (non-hydrogen) atoms.